The summed E-state index contributed by atoms with van der Waals surface area (Å²) in [4.78, 5) is 2.36. The molecule has 0 heterocycles. The zero-order chi connectivity index (χ0) is 38.0. The van der Waals surface area contributed by atoms with Crippen LogP contribution in [0.5, 0.6) is 0 Å². The van der Waals surface area contributed by atoms with Crippen LogP contribution in [0.2, 0.25) is 0 Å². The lowest BCUT2D eigenvalue weighted by Crippen LogP contribution is -2.09. The fraction of sp³-hybridized carbons (Fsp3) is 0. The smallest absolute Gasteiger partial charge is 0.0462 e. The number of benzene rings is 10. The zero-order valence-corrected chi connectivity index (χ0v) is 31.5. The van der Waals surface area contributed by atoms with Crippen molar-refractivity contribution in [3.8, 4) is 55.6 Å². The second-order valence-corrected chi connectivity index (χ2v) is 14.6. The van der Waals surface area contributed by atoms with Crippen LogP contribution in [-0.2, 0) is 0 Å². The van der Waals surface area contributed by atoms with Gasteiger partial charge in [-0.1, -0.05) is 188 Å². The quantitative estimate of drug-likeness (QED) is 0.151. The van der Waals surface area contributed by atoms with Gasteiger partial charge >= 0.3 is 0 Å². The van der Waals surface area contributed by atoms with Crippen molar-refractivity contribution in [2.45, 2.75) is 0 Å². The van der Waals surface area contributed by atoms with E-state index < -0.39 is 0 Å². The molecule has 0 aliphatic rings. The highest BCUT2D eigenvalue weighted by Crippen LogP contribution is 2.40. The van der Waals surface area contributed by atoms with Crippen molar-refractivity contribution < 1.29 is 0 Å². The summed E-state index contributed by atoms with van der Waals surface area (Å²) in [6, 6.07) is 85.6. The Morgan fingerprint density at radius 2 is 0.649 bits per heavy atom. The highest BCUT2D eigenvalue weighted by molar-refractivity contribution is 5.97. The summed E-state index contributed by atoms with van der Waals surface area (Å²) in [6.45, 7) is 0. The molecule has 0 amide bonds. The van der Waals surface area contributed by atoms with Crippen molar-refractivity contribution in [1.29, 1.82) is 0 Å². The molecule has 0 spiro atoms. The maximum absolute atomic E-state index is 2.36. The van der Waals surface area contributed by atoms with Gasteiger partial charge in [0.15, 0.2) is 0 Å². The second kappa shape index (κ2) is 15.0. The van der Waals surface area contributed by atoms with E-state index in [9.17, 15) is 0 Å². The molecule has 0 aliphatic carbocycles. The van der Waals surface area contributed by atoms with Gasteiger partial charge in [-0.3, -0.25) is 0 Å². The van der Waals surface area contributed by atoms with Gasteiger partial charge < -0.3 is 4.90 Å². The number of fused-ring (bicyclic) bond motifs is 2. The van der Waals surface area contributed by atoms with Gasteiger partial charge in [0.25, 0.3) is 0 Å². The molecule has 0 aliphatic heterocycles. The lowest BCUT2D eigenvalue weighted by molar-refractivity contribution is 1.28. The average Bonchev–Trinajstić information content (AvgIpc) is 3.30. The standard InChI is InChI=1S/C56H39N/c1-3-13-43(14-4-1)55-37-30-49(39-56(55)45-15-5-2-6-16-45)42-26-33-51(34-27-42)57(50-31-24-41(25-32-50)48-23-22-40-12-7-8-18-47(40)38-48)52-35-28-46(29-36-52)54-21-11-19-44-17-9-10-20-53(44)54/h1-39H. The Morgan fingerprint density at radius 3 is 1.28 bits per heavy atom. The molecule has 268 valence electrons. The minimum Gasteiger partial charge on any atom is -0.311 e. The van der Waals surface area contributed by atoms with Crippen LogP contribution in [0.25, 0.3) is 77.2 Å². The lowest BCUT2D eigenvalue weighted by Gasteiger charge is -2.26. The zero-order valence-electron chi connectivity index (χ0n) is 31.5. The summed E-state index contributed by atoms with van der Waals surface area (Å²) in [7, 11) is 0. The number of hydrogen-bond acceptors (Lipinski definition) is 1. The molecule has 10 aromatic rings. The molecule has 0 radical (unpaired) electrons. The molecule has 1 heteroatoms. The van der Waals surface area contributed by atoms with Crippen LogP contribution in [0.1, 0.15) is 0 Å². The molecule has 1 nitrogen and oxygen atoms in total. The molecule has 0 saturated carbocycles. The first-order valence-corrected chi connectivity index (χ1v) is 19.6. The molecule has 0 saturated heterocycles. The van der Waals surface area contributed by atoms with Crippen LogP contribution in [0.15, 0.2) is 237 Å². The second-order valence-electron chi connectivity index (χ2n) is 14.6. The molecule has 0 atom stereocenters. The first-order chi connectivity index (χ1) is 28.2. The normalized spacial score (nSPS) is 11.2. The summed E-state index contributed by atoms with van der Waals surface area (Å²) >= 11 is 0. The molecular weight excluding hydrogens is 687 g/mol. The summed E-state index contributed by atoms with van der Waals surface area (Å²) in [6.07, 6.45) is 0. The number of hydrogen-bond donors (Lipinski definition) is 0. The molecule has 0 fully saturated rings. The van der Waals surface area contributed by atoms with Crippen LogP contribution >= 0.6 is 0 Å². The SMILES string of the molecule is c1ccc(-c2ccc(-c3ccc(N(c4ccc(-c5ccc6ccccc6c5)cc4)c4ccc(-c5cccc6ccccc56)cc4)cc3)cc2-c2ccccc2)cc1. The Bertz CT molecular complexity index is 2960. The molecular formula is C56H39N. The number of nitrogens with zero attached hydrogens (tertiary/aromatic N) is 1. The minimum absolute atomic E-state index is 1.10. The van der Waals surface area contributed by atoms with E-state index in [-0.39, 0.29) is 0 Å². The molecule has 10 aromatic carbocycles. The fourth-order valence-corrected chi connectivity index (χ4v) is 8.14. The van der Waals surface area contributed by atoms with Gasteiger partial charge in [0, 0.05) is 17.1 Å². The van der Waals surface area contributed by atoms with Gasteiger partial charge in [-0.25, -0.2) is 0 Å². The molecule has 0 N–H and O–H groups in total. The Kier molecular flexibility index (Phi) is 8.95. The van der Waals surface area contributed by atoms with Crippen LogP contribution in [-0.4, -0.2) is 0 Å². The van der Waals surface area contributed by atoms with Crippen molar-refractivity contribution in [3.63, 3.8) is 0 Å². The third-order valence-corrected chi connectivity index (χ3v) is 11.1. The predicted molar refractivity (Wildman–Crippen MR) is 243 cm³/mol. The number of rotatable bonds is 8. The van der Waals surface area contributed by atoms with E-state index in [0.29, 0.717) is 0 Å². The molecule has 0 aromatic heterocycles. The molecule has 0 bridgehead atoms. The van der Waals surface area contributed by atoms with E-state index >= 15 is 0 Å². The van der Waals surface area contributed by atoms with Crippen LogP contribution in [0, 0.1) is 0 Å². The Balaban J connectivity index is 1.03. The van der Waals surface area contributed by atoms with Gasteiger partial charge in [-0.05, 0) is 126 Å². The lowest BCUT2D eigenvalue weighted by atomic mass is 9.91. The highest BCUT2D eigenvalue weighted by atomic mass is 15.1. The van der Waals surface area contributed by atoms with Crippen molar-refractivity contribution >= 4 is 38.6 Å². The Morgan fingerprint density at radius 1 is 0.211 bits per heavy atom. The van der Waals surface area contributed by atoms with Gasteiger partial charge in [-0.15, -0.1) is 0 Å². The van der Waals surface area contributed by atoms with E-state index in [1.54, 1.807) is 0 Å². The first kappa shape index (κ1) is 34.0. The summed E-state index contributed by atoms with van der Waals surface area (Å²) in [5, 5.41) is 5.01. The van der Waals surface area contributed by atoms with E-state index in [4.69, 9.17) is 0 Å². The fourth-order valence-electron chi connectivity index (χ4n) is 8.14. The van der Waals surface area contributed by atoms with Crippen LogP contribution in [0.4, 0.5) is 17.1 Å². The molecule has 10 rings (SSSR count). The third kappa shape index (κ3) is 6.77. The molecule has 0 unspecified atom stereocenters. The maximum Gasteiger partial charge on any atom is 0.0462 e. The maximum atomic E-state index is 2.36. The minimum atomic E-state index is 1.10. The monoisotopic (exact) mass is 725 g/mol. The largest absolute Gasteiger partial charge is 0.311 e. The van der Waals surface area contributed by atoms with Gasteiger partial charge in [-0.2, -0.15) is 0 Å². The first-order valence-electron chi connectivity index (χ1n) is 19.6. The molecule has 57 heavy (non-hydrogen) atoms. The third-order valence-electron chi connectivity index (χ3n) is 11.1. The Labute approximate surface area is 334 Å². The van der Waals surface area contributed by atoms with E-state index in [0.717, 1.165) is 17.1 Å². The summed E-state index contributed by atoms with van der Waals surface area (Å²) < 4.78 is 0. The van der Waals surface area contributed by atoms with E-state index in [2.05, 4.69) is 241 Å². The number of anilines is 3. The van der Waals surface area contributed by atoms with Crippen molar-refractivity contribution in [3.05, 3.63) is 237 Å². The van der Waals surface area contributed by atoms with Gasteiger partial charge in [0.05, 0.1) is 0 Å². The summed E-state index contributed by atoms with van der Waals surface area (Å²) in [5.74, 6) is 0. The van der Waals surface area contributed by atoms with Crippen LogP contribution in [0.3, 0.4) is 0 Å². The van der Waals surface area contributed by atoms with E-state index in [1.165, 1.54) is 77.2 Å². The van der Waals surface area contributed by atoms with Crippen molar-refractivity contribution in [1.82, 2.24) is 0 Å². The van der Waals surface area contributed by atoms with Crippen LogP contribution < -0.4 is 4.90 Å². The van der Waals surface area contributed by atoms with Crippen molar-refractivity contribution in [2.75, 3.05) is 4.90 Å². The highest BCUT2D eigenvalue weighted by Gasteiger charge is 2.16. The average molecular weight is 726 g/mol. The van der Waals surface area contributed by atoms with Gasteiger partial charge in [0.2, 0.25) is 0 Å². The summed E-state index contributed by atoms with van der Waals surface area (Å²) in [5.41, 5.74) is 15.4. The Hall–Kier alpha value is -7.48. The topological polar surface area (TPSA) is 3.24 Å². The van der Waals surface area contributed by atoms with E-state index in [1.807, 2.05) is 0 Å². The van der Waals surface area contributed by atoms with Crippen molar-refractivity contribution in [2.24, 2.45) is 0 Å². The predicted octanol–water partition coefficient (Wildman–Crippen LogP) is 15.8. The van der Waals surface area contributed by atoms with Gasteiger partial charge in [0.1, 0.15) is 0 Å².